The lowest BCUT2D eigenvalue weighted by Gasteiger charge is -2.48. The molecule has 2 N–H and O–H groups in total. The Morgan fingerprint density at radius 3 is 2.58 bits per heavy atom. The molecule has 3 rings (SSSR count). The number of ketones is 1. The highest BCUT2D eigenvalue weighted by atomic mass is 16.5. The van der Waals surface area contributed by atoms with Crippen LogP contribution < -0.4 is 5.32 Å². The van der Waals surface area contributed by atoms with Crippen LogP contribution in [0.3, 0.4) is 0 Å². The van der Waals surface area contributed by atoms with Crippen molar-refractivity contribution in [1.82, 2.24) is 15.2 Å². The van der Waals surface area contributed by atoms with Crippen molar-refractivity contribution in [2.45, 2.75) is 44.6 Å². The predicted molar refractivity (Wildman–Crippen MR) is 91.3 cm³/mol. The molecule has 2 heterocycles. The van der Waals surface area contributed by atoms with E-state index in [1.165, 1.54) is 26.2 Å². The van der Waals surface area contributed by atoms with Crippen LogP contribution in [-0.2, 0) is 4.74 Å². The zero-order valence-corrected chi connectivity index (χ0v) is 14.4. The van der Waals surface area contributed by atoms with Crippen LogP contribution in [0.15, 0.2) is 12.3 Å². The molecule has 0 radical (unpaired) electrons. The highest BCUT2D eigenvalue weighted by Crippen LogP contribution is 2.33. The summed E-state index contributed by atoms with van der Waals surface area (Å²) in [6.07, 6.45) is 7.54. The van der Waals surface area contributed by atoms with Crippen LogP contribution in [0, 0.1) is 0 Å². The Hall–Kier alpha value is -1.66. The Kier molecular flexibility index (Phi) is 5.36. The topological polar surface area (TPSA) is 74.4 Å². The van der Waals surface area contributed by atoms with Crippen molar-refractivity contribution < 1.29 is 14.3 Å². The quantitative estimate of drug-likeness (QED) is 0.808. The van der Waals surface area contributed by atoms with E-state index >= 15 is 0 Å². The van der Waals surface area contributed by atoms with Crippen LogP contribution in [0.5, 0.6) is 0 Å². The molecule has 1 aromatic rings. The van der Waals surface area contributed by atoms with E-state index in [4.69, 9.17) is 4.74 Å². The normalized spacial score (nSPS) is 21.4. The lowest BCUT2D eigenvalue weighted by Crippen LogP contribution is -2.59. The van der Waals surface area contributed by atoms with Crippen LogP contribution in [0.1, 0.15) is 59.9 Å². The molecule has 1 aromatic heterocycles. The molecule has 0 spiro atoms. The number of morpholine rings is 1. The van der Waals surface area contributed by atoms with Gasteiger partial charge in [-0.05, 0) is 25.8 Å². The zero-order valence-electron chi connectivity index (χ0n) is 14.4. The monoisotopic (exact) mass is 333 g/mol. The van der Waals surface area contributed by atoms with Crippen molar-refractivity contribution in [3.63, 3.8) is 0 Å². The number of aromatic nitrogens is 1. The van der Waals surface area contributed by atoms with Gasteiger partial charge in [0.1, 0.15) is 5.69 Å². The number of Topliss-reactive ketones (excluding diaryl/α,β-unsaturated/α-hetero) is 1. The number of amides is 1. The van der Waals surface area contributed by atoms with Crippen molar-refractivity contribution in [2.75, 3.05) is 32.8 Å². The van der Waals surface area contributed by atoms with E-state index in [0.717, 1.165) is 39.1 Å². The van der Waals surface area contributed by atoms with Crippen molar-refractivity contribution in [3.8, 4) is 0 Å². The maximum Gasteiger partial charge on any atom is 0.267 e. The maximum atomic E-state index is 12.5. The van der Waals surface area contributed by atoms with Gasteiger partial charge in [-0.2, -0.15) is 0 Å². The first-order valence-corrected chi connectivity index (χ1v) is 8.91. The van der Waals surface area contributed by atoms with Gasteiger partial charge in [0.2, 0.25) is 0 Å². The number of rotatable bonds is 5. The maximum absolute atomic E-state index is 12.5. The molecule has 1 aliphatic carbocycles. The van der Waals surface area contributed by atoms with Gasteiger partial charge in [0, 0.05) is 36.9 Å². The third-order valence-corrected chi connectivity index (χ3v) is 5.38. The fourth-order valence-electron chi connectivity index (χ4n) is 3.92. The van der Waals surface area contributed by atoms with Gasteiger partial charge in [-0.1, -0.05) is 19.3 Å². The molecule has 1 saturated carbocycles. The number of nitrogens with one attached hydrogen (secondary N) is 2. The molecule has 0 bridgehead atoms. The fourth-order valence-corrected chi connectivity index (χ4v) is 3.92. The number of carbonyl (C=O) groups is 2. The number of aromatic amines is 1. The molecule has 2 fully saturated rings. The van der Waals surface area contributed by atoms with Crippen molar-refractivity contribution in [2.24, 2.45) is 0 Å². The Morgan fingerprint density at radius 1 is 1.25 bits per heavy atom. The highest BCUT2D eigenvalue weighted by Gasteiger charge is 2.38. The summed E-state index contributed by atoms with van der Waals surface area (Å²) in [5, 5.41) is 3.10. The minimum atomic E-state index is -0.138. The Balaban J connectivity index is 1.66. The largest absolute Gasteiger partial charge is 0.379 e. The number of ether oxygens (including phenoxy) is 1. The molecular formula is C18H27N3O3. The number of carbonyl (C=O) groups excluding carboxylic acids is 2. The van der Waals surface area contributed by atoms with E-state index in [1.807, 2.05) is 0 Å². The molecule has 0 atom stereocenters. The zero-order chi connectivity index (χ0) is 17.0. The van der Waals surface area contributed by atoms with Gasteiger partial charge in [0.25, 0.3) is 5.91 Å². The second kappa shape index (κ2) is 7.49. The summed E-state index contributed by atoms with van der Waals surface area (Å²) in [5.41, 5.74) is 1.04. The summed E-state index contributed by atoms with van der Waals surface area (Å²) < 4.78 is 5.49. The molecule has 6 nitrogen and oxygen atoms in total. The highest BCUT2D eigenvalue weighted by molar-refractivity contribution is 5.99. The Morgan fingerprint density at radius 2 is 1.96 bits per heavy atom. The smallest absolute Gasteiger partial charge is 0.267 e. The number of hydrogen-bond donors (Lipinski definition) is 2. The summed E-state index contributed by atoms with van der Waals surface area (Å²) in [6, 6.07) is 1.62. The second-order valence-electron chi connectivity index (χ2n) is 6.93. The molecule has 0 aromatic carbocycles. The minimum absolute atomic E-state index is 0.0395. The van der Waals surface area contributed by atoms with Crippen molar-refractivity contribution >= 4 is 11.7 Å². The average molecular weight is 333 g/mol. The van der Waals surface area contributed by atoms with Crippen LogP contribution in [0.25, 0.3) is 0 Å². The molecule has 24 heavy (non-hydrogen) atoms. The summed E-state index contributed by atoms with van der Waals surface area (Å²) in [6.45, 7) is 5.57. The van der Waals surface area contributed by atoms with Gasteiger partial charge in [0.15, 0.2) is 5.78 Å². The van der Waals surface area contributed by atoms with Gasteiger partial charge in [-0.15, -0.1) is 0 Å². The van der Waals surface area contributed by atoms with E-state index in [0.29, 0.717) is 17.8 Å². The van der Waals surface area contributed by atoms with Gasteiger partial charge < -0.3 is 15.0 Å². The first-order valence-electron chi connectivity index (χ1n) is 8.91. The van der Waals surface area contributed by atoms with Gasteiger partial charge in [-0.25, -0.2) is 0 Å². The van der Waals surface area contributed by atoms with Crippen LogP contribution >= 0.6 is 0 Å². The molecule has 1 amide bonds. The first-order chi connectivity index (χ1) is 11.6. The van der Waals surface area contributed by atoms with E-state index in [9.17, 15) is 9.59 Å². The Labute approximate surface area is 142 Å². The number of H-pyrrole nitrogens is 1. The molecule has 6 heteroatoms. The first kappa shape index (κ1) is 17.2. The minimum Gasteiger partial charge on any atom is -0.379 e. The van der Waals surface area contributed by atoms with Gasteiger partial charge in [0.05, 0.1) is 13.2 Å². The summed E-state index contributed by atoms with van der Waals surface area (Å²) in [7, 11) is 0. The van der Waals surface area contributed by atoms with E-state index in [1.54, 1.807) is 12.3 Å². The van der Waals surface area contributed by atoms with Crippen molar-refractivity contribution in [1.29, 1.82) is 0 Å². The third kappa shape index (κ3) is 3.70. The van der Waals surface area contributed by atoms with E-state index in [2.05, 4.69) is 15.2 Å². The van der Waals surface area contributed by atoms with E-state index in [-0.39, 0.29) is 17.2 Å². The van der Waals surface area contributed by atoms with E-state index < -0.39 is 0 Å². The SMILES string of the molecule is CC(=O)c1c[nH]c(C(=O)NCC2(N3CCOCC3)CCCCC2)c1. The molecule has 1 saturated heterocycles. The average Bonchev–Trinajstić information content (AvgIpc) is 3.12. The van der Waals surface area contributed by atoms with Crippen LogP contribution in [-0.4, -0.2) is 60.0 Å². The molecule has 1 aliphatic heterocycles. The third-order valence-electron chi connectivity index (χ3n) is 5.38. The fraction of sp³-hybridized carbons (Fsp3) is 0.667. The number of hydrogen-bond acceptors (Lipinski definition) is 4. The Bertz CT molecular complexity index is 584. The molecular weight excluding hydrogens is 306 g/mol. The van der Waals surface area contributed by atoms with Gasteiger partial charge >= 0.3 is 0 Å². The summed E-state index contributed by atoms with van der Waals surface area (Å²) in [5.74, 6) is -0.178. The number of nitrogens with zero attached hydrogens (tertiary/aromatic N) is 1. The standard InChI is InChI=1S/C18H27N3O3/c1-14(22)15-11-16(19-12-15)17(23)20-13-18(5-3-2-4-6-18)21-7-9-24-10-8-21/h11-12,19H,2-10,13H2,1H3,(H,20,23). The van der Waals surface area contributed by atoms with Crippen molar-refractivity contribution in [3.05, 3.63) is 23.5 Å². The van der Waals surface area contributed by atoms with Crippen LogP contribution in [0.4, 0.5) is 0 Å². The lowest BCUT2D eigenvalue weighted by molar-refractivity contribution is -0.0361. The predicted octanol–water partition coefficient (Wildman–Crippen LogP) is 1.98. The summed E-state index contributed by atoms with van der Waals surface area (Å²) >= 11 is 0. The molecule has 132 valence electrons. The van der Waals surface area contributed by atoms with Crippen LogP contribution in [0.2, 0.25) is 0 Å². The summed E-state index contributed by atoms with van der Waals surface area (Å²) in [4.78, 5) is 29.2. The lowest BCUT2D eigenvalue weighted by atomic mass is 9.79. The van der Waals surface area contributed by atoms with Gasteiger partial charge in [-0.3, -0.25) is 14.5 Å². The second-order valence-corrected chi connectivity index (χ2v) is 6.93. The molecule has 2 aliphatic rings. The molecule has 0 unspecified atom stereocenters.